The molecule has 0 aliphatic carbocycles. The van der Waals surface area contributed by atoms with Gasteiger partial charge in [-0.1, -0.05) is 30.3 Å². The van der Waals surface area contributed by atoms with Gasteiger partial charge in [0.25, 0.3) is 5.91 Å². The molecule has 1 aromatic carbocycles. The normalized spacial score (nSPS) is 17.8. The third-order valence-corrected chi connectivity index (χ3v) is 3.75. The molecular formula is C17H17NO5. The molecule has 0 radical (unpaired) electrons. The highest BCUT2D eigenvalue weighted by Crippen LogP contribution is 2.23. The van der Waals surface area contributed by atoms with E-state index in [0.717, 1.165) is 17.9 Å². The minimum Gasteiger partial charge on any atom is -0.490 e. The van der Waals surface area contributed by atoms with Gasteiger partial charge in [0, 0.05) is 12.6 Å². The van der Waals surface area contributed by atoms with E-state index in [0.29, 0.717) is 19.7 Å². The monoisotopic (exact) mass is 315 g/mol. The number of nitrogens with zero attached hydrogens (tertiary/aromatic N) is 1. The van der Waals surface area contributed by atoms with Crippen LogP contribution >= 0.6 is 0 Å². The van der Waals surface area contributed by atoms with Gasteiger partial charge in [-0.2, -0.15) is 0 Å². The van der Waals surface area contributed by atoms with Crippen LogP contribution in [0.3, 0.4) is 0 Å². The third-order valence-electron chi connectivity index (χ3n) is 3.75. The number of carbonyl (C=O) groups is 1. The van der Waals surface area contributed by atoms with Crippen LogP contribution in [0.15, 0.2) is 51.9 Å². The van der Waals surface area contributed by atoms with Crippen LogP contribution in [0.25, 0.3) is 0 Å². The quantitative estimate of drug-likeness (QED) is 0.865. The topological polar surface area (TPSA) is 69.0 Å². The molecule has 1 atom stereocenters. The van der Waals surface area contributed by atoms with E-state index in [1.165, 1.54) is 7.11 Å². The molecule has 2 heterocycles. The van der Waals surface area contributed by atoms with E-state index < -0.39 is 0 Å². The standard InChI is InChI=1S/C17H17NO5/c1-21-16-11-23-14(9-13(16)19)17(20)18-7-8-22-15(10-18)12-5-3-2-4-6-12/h2-6,9,11,15H,7-8,10H2,1H3/t15-/m1/s1. The molecule has 0 spiro atoms. The zero-order valence-corrected chi connectivity index (χ0v) is 12.7. The molecule has 1 saturated heterocycles. The summed E-state index contributed by atoms with van der Waals surface area (Å²) < 4.78 is 15.8. The molecule has 120 valence electrons. The Morgan fingerprint density at radius 1 is 1.30 bits per heavy atom. The molecule has 6 nitrogen and oxygen atoms in total. The van der Waals surface area contributed by atoms with Gasteiger partial charge in [-0.3, -0.25) is 9.59 Å². The first-order chi connectivity index (χ1) is 11.2. The molecule has 3 rings (SSSR count). The number of rotatable bonds is 3. The van der Waals surface area contributed by atoms with Crippen LogP contribution in [0, 0.1) is 0 Å². The van der Waals surface area contributed by atoms with Gasteiger partial charge in [0.05, 0.1) is 20.3 Å². The zero-order valence-electron chi connectivity index (χ0n) is 12.7. The molecule has 1 aliphatic rings. The number of benzene rings is 1. The Bertz CT molecular complexity index is 740. The summed E-state index contributed by atoms with van der Waals surface area (Å²) in [6.07, 6.45) is 0.976. The number of hydrogen-bond acceptors (Lipinski definition) is 5. The summed E-state index contributed by atoms with van der Waals surface area (Å²) in [7, 11) is 1.38. The van der Waals surface area contributed by atoms with Gasteiger partial charge in [0.15, 0.2) is 5.76 Å². The number of morpholine rings is 1. The summed E-state index contributed by atoms with van der Waals surface area (Å²) in [6, 6.07) is 10.9. The molecule has 1 amide bonds. The average Bonchev–Trinajstić information content (AvgIpc) is 2.62. The van der Waals surface area contributed by atoms with Crippen molar-refractivity contribution in [3.8, 4) is 5.75 Å². The number of carbonyl (C=O) groups excluding carboxylic acids is 1. The molecule has 23 heavy (non-hydrogen) atoms. The summed E-state index contributed by atoms with van der Waals surface area (Å²) in [5, 5.41) is 0. The lowest BCUT2D eigenvalue weighted by atomic mass is 10.1. The average molecular weight is 315 g/mol. The molecule has 0 unspecified atom stereocenters. The Balaban J connectivity index is 1.77. The molecule has 6 heteroatoms. The van der Waals surface area contributed by atoms with Gasteiger partial charge in [0.1, 0.15) is 12.4 Å². The second-order valence-electron chi connectivity index (χ2n) is 5.20. The van der Waals surface area contributed by atoms with Crippen molar-refractivity contribution in [3.63, 3.8) is 0 Å². The molecule has 1 aliphatic heterocycles. The van der Waals surface area contributed by atoms with Gasteiger partial charge in [-0.15, -0.1) is 0 Å². The fourth-order valence-electron chi connectivity index (χ4n) is 2.52. The van der Waals surface area contributed by atoms with Gasteiger partial charge in [0.2, 0.25) is 11.2 Å². The van der Waals surface area contributed by atoms with Gasteiger partial charge < -0.3 is 18.8 Å². The first kappa shape index (κ1) is 15.3. The van der Waals surface area contributed by atoms with Crippen LogP contribution in [0.2, 0.25) is 0 Å². The van der Waals surface area contributed by atoms with Crippen molar-refractivity contribution in [1.29, 1.82) is 0 Å². The summed E-state index contributed by atoms with van der Waals surface area (Å²) in [6.45, 7) is 1.31. The van der Waals surface area contributed by atoms with Crippen molar-refractivity contribution in [2.45, 2.75) is 6.10 Å². The number of methoxy groups -OCH3 is 1. The van der Waals surface area contributed by atoms with Crippen molar-refractivity contribution >= 4 is 5.91 Å². The molecule has 0 bridgehead atoms. The van der Waals surface area contributed by atoms with E-state index in [-0.39, 0.29) is 28.9 Å². The molecule has 2 aromatic rings. The van der Waals surface area contributed by atoms with E-state index in [1.54, 1.807) is 4.90 Å². The number of amides is 1. The first-order valence-corrected chi connectivity index (χ1v) is 7.31. The van der Waals surface area contributed by atoms with Crippen LogP contribution in [-0.2, 0) is 4.74 Å². The highest BCUT2D eigenvalue weighted by Gasteiger charge is 2.27. The maximum Gasteiger partial charge on any atom is 0.289 e. The SMILES string of the molecule is COc1coc(C(=O)N2CCO[C@@H](c3ccccc3)C2)cc1=O. The third kappa shape index (κ3) is 3.27. The largest absolute Gasteiger partial charge is 0.490 e. The van der Waals surface area contributed by atoms with Crippen molar-refractivity contribution in [2.75, 3.05) is 26.8 Å². The first-order valence-electron chi connectivity index (χ1n) is 7.31. The predicted molar refractivity (Wildman–Crippen MR) is 82.6 cm³/mol. The number of ether oxygens (including phenoxy) is 2. The van der Waals surface area contributed by atoms with Gasteiger partial charge in [-0.05, 0) is 5.56 Å². The van der Waals surface area contributed by atoms with Crippen LogP contribution in [0.4, 0.5) is 0 Å². The minimum atomic E-state index is -0.380. The fraction of sp³-hybridized carbons (Fsp3) is 0.294. The second kappa shape index (κ2) is 6.66. The van der Waals surface area contributed by atoms with Crippen molar-refractivity contribution in [2.24, 2.45) is 0 Å². The maximum absolute atomic E-state index is 12.5. The van der Waals surface area contributed by atoms with Gasteiger partial charge in [-0.25, -0.2) is 0 Å². The van der Waals surface area contributed by atoms with Crippen LogP contribution < -0.4 is 10.2 Å². The smallest absolute Gasteiger partial charge is 0.289 e. The van der Waals surface area contributed by atoms with E-state index in [4.69, 9.17) is 13.9 Å². The fourth-order valence-corrected chi connectivity index (χ4v) is 2.52. The lowest BCUT2D eigenvalue weighted by Gasteiger charge is -2.32. The summed E-state index contributed by atoms with van der Waals surface area (Å²) in [5.41, 5.74) is 0.635. The minimum absolute atomic E-state index is 0.00418. The molecule has 1 aromatic heterocycles. The molecule has 0 N–H and O–H groups in total. The number of hydrogen-bond donors (Lipinski definition) is 0. The van der Waals surface area contributed by atoms with Gasteiger partial charge >= 0.3 is 0 Å². The van der Waals surface area contributed by atoms with Crippen molar-refractivity contribution in [3.05, 3.63) is 64.2 Å². The van der Waals surface area contributed by atoms with E-state index in [9.17, 15) is 9.59 Å². The second-order valence-corrected chi connectivity index (χ2v) is 5.20. The van der Waals surface area contributed by atoms with E-state index in [2.05, 4.69) is 0 Å². The highest BCUT2D eigenvalue weighted by molar-refractivity contribution is 5.91. The highest BCUT2D eigenvalue weighted by atomic mass is 16.5. The lowest BCUT2D eigenvalue weighted by molar-refractivity contribution is -0.0238. The lowest BCUT2D eigenvalue weighted by Crippen LogP contribution is -2.42. The predicted octanol–water partition coefficient (Wildman–Crippen LogP) is 1.86. The molecular weight excluding hydrogens is 298 g/mol. The Hall–Kier alpha value is -2.60. The Kier molecular flexibility index (Phi) is 4.43. The zero-order chi connectivity index (χ0) is 16.2. The Morgan fingerprint density at radius 2 is 2.09 bits per heavy atom. The Morgan fingerprint density at radius 3 is 2.78 bits per heavy atom. The van der Waals surface area contributed by atoms with E-state index in [1.807, 2.05) is 30.3 Å². The molecule has 0 saturated carbocycles. The maximum atomic E-state index is 12.5. The van der Waals surface area contributed by atoms with E-state index >= 15 is 0 Å². The summed E-state index contributed by atoms with van der Waals surface area (Å²) in [4.78, 5) is 25.9. The van der Waals surface area contributed by atoms with Crippen LogP contribution in [0.5, 0.6) is 5.75 Å². The van der Waals surface area contributed by atoms with Crippen molar-refractivity contribution < 1.29 is 18.7 Å². The summed E-state index contributed by atoms with van der Waals surface area (Å²) >= 11 is 0. The summed E-state index contributed by atoms with van der Waals surface area (Å²) in [5.74, 6) is -0.246. The van der Waals surface area contributed by atoms with Crippen LogP contribution in [-0.4, -0.2) is 37.6 Å². The Labute approximate surface area is 133 Å². The van der Waals surface area contributed by atoms with Crippen LogP contribution in [0.1, 0.15) is 22.2 Å². The van der Waals surface area contributed by atoms with Crippen molar-refractivity contribution in [1.82, 2.24) is 4.90 Å². The molecule has 1 fully saturated rings.